The highest BCUT2D eigenvalue weighted by Crippen LogP contribution is 2.28. The van der Waals surface area contributed by atoms with Crippen molar-refractivity contribution in [1.29, 1.82) is 0 Å². The van der Waals surface area contributed by atoms with Crippen LogP contribution in [-0.4, -0.2) is 29.7 Å². The van der Waals surface area contributed by atoms with E-state index in [-0.39, 0.29) is 0 Å². The second kappa shape index (κ2) is 4.90. The fourth-order valence-electron chi connectivity index (χ4n) is 2.92. The molecule has 1 heterocycles. The number of carbonyl (C=O) groups is 1. The first-order chi connectivity index (χ1) is 8.13. The zero-order chi connectivity index (χ0) is 12.4. The number of rotatable bonds is 4. The molecule has 4 heteroatoms. The fraction of sp³-hybridized carbons (Fsp3) is 0.692. The van der Waals surface area contributed by atoms with Crippen LogP contribution >= 0.6 is 0 Å². The van der Waals surface area contributed by atoms with Crippen molar-refractivity contribution in [3.8, 4) is 0 Å². The first kappa shape index (κ1) is 12.1. The average molecular weight is 235 g/mol. The molecule has 17 heavy (non-hydrogen) atoms. The van der Waals surface area contributed by atoms with Gasteiger partial charge in [0.2, 0.25) is 0 Å². The van der Waals surface area contributed by atoms with Crippen LogP contribution in [0.1, 0.15) is 41.7 Å². The van der Waals surface area contributed by atoms with E-state index in [1.165, 1.54) is 25.7 Å². The molecule has 4 nitrogen and oxygen atoms in total. The summed E-state index contributed by atoms with van der Waals surface area (Å²) >= 11 is 0. The maximum Gasteiger partial charge on any atom is 0.155 e. The number of aromatic nitrogens is 2. The van der Waals surface area contributed by atoms with Gasteiger partial charge in [-0.3, -0.25) is 9.48 Å². The van der Waals surface area contributed by atoms with Crippen molar-refractivity contribution >= 4 is 12.1 Å². The average Bonchev–Trinajstić information content (AvgIpc) is 2.85. The van der Waals surface area contributed by atoms with Crippen LogP contribution in [0.4, 0.5) is 5.82 Å². The van der Waals surface area contributed by atoms with Crippen LogP contribution in [0.5, 0.6) is 0 Å². The second-order valence-electron chi connectivity index (χ2n) is 5.10. The highest BCUT2D eigenvalue weighted by Gasteiger charge is 2.21. The molecule has 0 aromatic carbocycles. The van der Waals surface area contributed by atoms with Crippen molar-refractivity contribution in [3.05, 3.63) is 11.3 Å². The highest BCUT2D eigenvalue weighted by atomic mass is 16.1. The summed E-state index contributed by atoms with van der Waals surface area (Å²) in [4.78, 5) is 13.3. The summed E-state index contributed by atoms with van der Waals surface area (Å²) in [6.45, 7) is 2.91. The van der Waals surface area contributed by atoms with Crippen molar-refractivity contribution in [1.82, 2.24) is 9.78 Å². The third-order valence-electron chi connectivity index (χ3n) is 3.72. The first-order valence-corrected chi connectivity index (χ1v) is 6.33. The molecule has 94 valence electrons. The number of nitrogens with zero attached hydrogens (tertiary/aromatic N) is 3. The van der Waals surface area contributed by atoms with E-state index in [4.69, 9.17) is 0 Å². The minimum absolute atomic E-state index is 0.730. The van der Waals surface area contributed by atoms with Crippen LogP contribution in [0.15, 0.2) is 0 Å². The molecule has 1 saturated carbocycles. The molecule has 0 aliphatic heterocycles. The molecule has 0 saturated heterocycles. The van der Waals surface area contributed by atoms with E-state index >= 15 is 0 Å². The maximum absolute atomic E-state index is 11.1. The van der Waals surface area contributed by atoms with Crippen molar-refractivity contribution in [2.75, 3.05) is 18.5 Å². The molecular formula is C13H21N3O. The van der Waals surface area contributed by atoms with Crippen molar-refractivity contribution in [2.24, 2.45) is 13.0 Å². The Morgan fingerprint density at radius 3 is 2.71 bits per heavy atom. The van der Waals surface area contributed by atoms with E-state index in [1.807, 2.05) is 18.7 Å². The molecule has 0 spiro atoms. The number of aryl methyl sites for hydroxylation is 2. The summed E-state index contributed by atoms with van der Waals surface area (Å²) < 4.78 is 1.81. The maximum atomic E-state index is 11.1. The predicted molar refractivity (Wildman–Crippen MR) is 68.6 cm³/mol. The normalized spacial score (nSPS) is 16.4. The third-order valence-corrected chi connectivity index (χ3v) is 3.72. The van der Waals surface area contributed by atoms with Crippen LogP contribution in [0.25, 0.3) is 0 Å². The molecule has 0 bridgehead atoms. The van der Waals surface area contributed by atoms with E-state index in [2.05, 4.69) is 17.0 Å². The van der Waals surface area contributed by atoms with Gasteiger partial charge in [-0.1, -0.05) is 12.8 Å². The van der Waals surface area contributed by atoms with E-state index in [0.717, 1.165) is 35.8 Å². The topological polar surface area (TPSA) is 38.1 Å². The molecule has 1 aromatic heterocycles. The predicted octanol–water partition coefficient (Wildman–Crippen LogP) is 2.17. The van der Waals surface area contributed by atoms with Gasteiger partial charge >= 0.3 is 0 Å². The Hall–Kier alpha value is -1.32. The number of anilines is 1. The minimum atomic E-state index is 0.730. The fourth-order valence-corrected chi connectivity index (χ4v) is 2.92. The van der Waals surface area contributed by atoms with Gasteiger partial charge in [0.15, 0.2) is 6.29 Å². The first-order valence-electron chi connectivity index (χ1n) is 6.33. The van der Waals surface area contributed by atoms with E-state index in [9.17, 15) is 4.79 Å². The minimum Gasteiger partial charge on any atom is -0.359 e. The lowest BCUT2D eigenvalue weighted by atomic mass is 10.1. The molecule has 0 amide bonds. The van der Waals surface area contributed by atoms with Gasteiger partial charge in [-0.15, -0.1) is 0 Å². The monoisotopic (exact) mass is 235 g/mol. The SMILES string of the molecule is Cc1nn(C)c(N(C)CC2CCCC2)c1C=O. The molecule has 0 unspecified atom stereocenters. The van der Waals surface area contributed by atoms with E-state index in [0.29, 0.717) is 0 Å². The molecule has 0 N–H and O–H groups in total. The van der Waals surface area contributed by atoms with Crippen LogP contribution in [0, 0.1) is 12.8 Å². The largest absolute Gasteiger partial charge is 0.359 e. The molecule has 2 rings (SSSR count). The Morgan fingerprint density at radius 1 is 1.47 bits per heavy atom. The lowest BCUT2D eigenvalue weighted by Crippen LogP contribution is -2.26. The zero-order valence-electron chi connectivity index (χ0n) is 10.9. The van der Waals surface area contributed by atoms with Crippen LogP contribution < -0.4 is 4.90 Å². The van der Waals surface area contributed by atoms with Gasteiger partial charge in [0.05, 0.1) is 11.3 Å². The standard InChI is InChI=1S/C13H21N3O/c1-10-12(9-17)13(16(3)14-10)15(2)8-11-6-4-5-7-11/h9,11H,4-8H2,1-3H3. The van der Waals surface area contributed by atoms with E-state index < -0.39 is 0 Å². The van der Waals surface area contributed by atoms with Crippen LogP contribution in [0.3, 0.4) is 0 Å². The van der Waals surface area contributed by atoms with Crippen LogP contribution in [0.2, 0.25) is 0 Å². The number of aldehydes is 1. The summed E-state index contributed by atoms with van der Waals surface area (Å²) in [5.41, 5.74) is 1.55. The Kier molecular flexibility index (Phi) is 3.50. The van der Waals surface area contributed by atoms with Gasteiger partial charge in [0, 0.05) is 20.6 Å². The summed E-state index contributed by atoms with van der Waals surface area (Å²) in [5, 5.41) is 4.32. The smallest absolute Gasteiger partial charge is 0.155 e. The summed E-state index contributed by atoms with van der Waals surface area (Å²) in [6, 6.07) is 0. The number of hydrogen-bond acceptors (Lipinski definition) is 3. The van der Waals surface area contributed by atoms with E-state index in [1.54, 1.807) is 0 Å². The molecule has 1 aliphatic carbocycles. The Bertz CT molecular complexity index is 405. The van der Waals surface area contributed by atoms with Crippen molar-refractivity contribution < 1.29 is 4.79 Å². The third kappa shape index (κ3) is 2.35. The summed E-state index contributed by atoms with van der Waals surface area (Å²) in [7, 11) is 3.96. The lowest BCUT2D eigenvalue weighted by molar-refractivity contribution is 0.112. The van der Waals surface area contributed by atoms with Gasteiger partial charge in [-0.25, -0.2) is 0 Å². The summed E-state index contributed by atoms with van der Waals surface area (Å²) in [5.74, 6) is 1.72. The van der Waals surface area contributed by atoms with Crippen LogP contribution in [-0.2, 0) is 7.05 Å². The Labute approximate surface area is 103 Å². The van der Waals surface area contributed by atoms with Gasteiger partial charge in [0.1, 0.15) is 5.82 Å². The van der Waals surface area contributed by atoms with Gasteiger partial charge in [-0.05, 0) is 25.7 Å². The zero-order valence-corrected chi connectivity index (χ0v) is 10.9. The molecule has 1 fully saturated rings. The van der Waals surface area contributed by atoms with Crippen molar-refractivity contribution in [3.63, 3.8) is 0 Å². The Balaban J connectivity index is 2.17. The van der Waals surface area contributed by atoms with Gasteiger partial charge < -0.3 is 4.90 Å². The van der Waals surface area contributed by atoms with Crippen molar-refractivity contribution in [2.45, 2.75) is 32.6 Å². The molecular weight excluding hydrogens is 214 g/mol. The quantitative estimate of drug-likeness (QED) is 0.751. The molecule has 1 aromatic rings. The number of hydrogen-bond donors (Lipinski definition) is 0. The lowest BCUT2D eigenvalue weighted by Gasteiger charge is -2.23. The molecule has 1 aliphatic rings. The number of carbonyl (C=O) groups excluding carboxylic acids is 1. The Morgan fingerprint density at radius 2 is 2.12 bits per heavy atom. The summed E-state index contributed by atoms with van der Waals surface area (Å²) in [6.07, 6.45) is 6.25. The molecule has 0 radical (unpaired) electrons. The molecule has 0 atom stereocenters. The van der Waals surface area contributed by atoms with Gasteiger partial charge in [-0.2, -0.15) is 5.10 Å². The highest BCUT2D eigenvalue weighted by molar-refractivity contribution is 5.84. The second-order valence-corrected chi connectivity index (χ2v) is 5.10. The van der Waals surface area contributed by atoms with Gasteiger partial charge in [0.25, 0.3) is 0 Å².